The maximum absolute atomic E-state index is 5.98. The average Bonchev–Trinajstić information content (AvgIpc) is 3.05. The van der Waals surface area contributed by atoms with Crippen LogP contribution in [0.5, 0.6) is 0 Å². The Labute approximate surface area is 145 Å². The highest BCUT2D eigenvalue weighted by molar-refractivity contribution is 5.57. The molecular weight excluding hydrogens is 298 g/mol. The minimum atomic E-state index is 0.460. The fourth-order valence-corrected chi connectivity index (χ4v) is 3.10. The number of aryl methyl sites for hydroxylation is 1. The van der Waals surface area contributed by atoms with Gasteiger partial charge in [-0.2, -0.15) is 0 Å². The van der Waals surface area contributed by atoms with Crippen LogP contribution in [0.4, 0.5) is 0 Å². The Morgan fingerprint density at radius 3 is 2.46 bits per heavy atom. The largest absolute Gasteiger partial charge is 0.460 e. The van der Waals surface area contributed by atoms with Crippen molar-refractivity contribution < 1.29 is 4.42 Å². The molecule has 1 aliphatic rings. The van der Waals surface area contributed by atoms with Gasteiger partial charge in [0.15, 0.2) is 0 Å². The molecule has 0 radical (unpaired) electrons. The molecule has 1 unspecified atom stereocenters. The quantitative estimate of drug-likeness (QED) is 0.884. The van der Waals surface area contributed by atoms with Crippen molar-refractivity contribution in [1.29, 1.82) is 0 Å². The fourth-order valence-electron chi connectivity index (χ4n) is 3.10. The molecule has 1 atom stereocenters. The van der Waals surface area contributed by atoms with Crippen molar-refractivity contribution >= 4 is 0 Å². The molecule has 130 valence electrons. The van der Waals surface area contributed by atoms with Gasteiger partial charge in [0.05, 0.1) is 6.54 Å². The van der Waals surface area contributed by atoms with Gasteiger partial charge in [-0.1, -0.05) is 29.8 Å². The first-order chi connectivity index (χ1) is 11.6. The first-order valence-electron chi connectivity index (χ1n) is 8.90. The smallest absolute Gasteiger partial charge is 0.134 e. The van der Waals surface area contributed by atoms with E-state index in [0.717, 1.165) is 30.2 Å². The second-order valence-corrected chi connectivity index (χ2v) is 7.02. The number of piperazine rings is 1. The van der Waals surface area contributed by atoms with Crippen LogP contribution in [0.25, 0.3) is 11.3 Å². The molecule has 1 aromatic carbocycles. The molecular formula is C20H29N3O. The minimum Gasteiger partial charge on any atom is -0.460 e. The molecule has 2 heterocycles. The van der Waals surface area contributed by atoms with E-state index in [0.29, 0.717) is 6.04 Å². The van der Waals surface area contributed by atoms with Gasteiger partial charge in [0.2, 0.25) is 0 Å². The zero-order valence-electron chi connectivity index (χ0n) is 15.1. The third-order valence-electron chi connectivity index (χ3n) is 4.75. The summed E-state index contributed by atoms with van der Waals surface area (Å²) in [5, 5.41) is 3.58. The lowest BCUT2D eigenvalue weighted by Gasteiger charge is -2.34. The summed E-state index contributed by atoms with van der Waals surface area (Å²) in [5.74, 6) is 1.94. The highest BCUT2D eigenvalue weighted by atomic mass is 16.3. The highest BCUT2D eigenvalue weighted by Gasteiger charge is 2.16. The monoisotopic (exact) mass is 327 g/mol. The Morgan fingerprint density at radius 1 is 1.04 bits per heavy atom. The van der Waals surface area contributed by atoms with Gasteiger partial charge in [0, 0.05) is 44.3 Å². The van der Waals surface area contributed by atoms with Gasteiger partial charge in [-0.3, -0.25) is 4.90 Å². The third-order valence-corrected chi connectivity index (χ3v) is 4.75. The first-order valence-corrected chi connectivity index (χ1v) is 8.90. The van der Waals surface area contributed by atoms with Crippen molar-refractivity contribution in [2.75, 3.05) is 39.8 Å². The number of nitrogens with one attached hydrogen (secondary N) is 1. The standard InChI is InChI=1S/C20H29N3O/c1-16-4-6-18(7-5-16)20-9-8-19(24-20)14-21-17(2)15-23-12-10-22(3)11-13-23/h4-9,17,21H,10-15H2,1-3H3. The Bertz CT molecular complexity index is 627. The molecule has 3 rings (SSSR count). The summed E-state index contributed by atoms with van der Waals surface area (Å²) in [6, 6.07) is 13.1. The van der Waals surface area contributed by atoms with E-state index in [1.165, 1.54) is 31.7 Å². The number of nitrogens with zero attached hydrogens (tertiary/aromatic N) is 2. The minimum absolute atomic E-state index is 0.460. The van der Waals surface area contributed by atoms with Crippen molar-refractivity contribution in [2.24, 2.45) is 0 Å². The molecule has 0 saturated carbocycles. The van der Waals surface area contributed by atoms with Crippen LogP contribution in [-0.2, 0) is 6.54 Å². The van der Waals surface area contributed by atoms with Crippen molar-refractivity contribution in [2.45, 2.75) is 26.4 Å². The summed E-state index contributed by atoms with van der Waals surface area (Å²) in [6.45, 7) is 10.9. The molecule has 0 bridgehead atoms. The van der Waals surface area contributed by atoms with E-state index in [1.807, 2.05) is 0 Å². The van der Waals surface area contributed by atoms with Gasteiger partial charge in [0.25, 0.3) is 0 Å². The lowest BCUT2D eigenvalue weighted by molar-refractivity contribution is 0.144. The molecule has 4 nitrogen and oxygen atoms in total. The molecule has 1 fully saturated rings. The zero-order valence-corrected chi connectivity index (χ0v) is 15.1. The predicted molar refractivity (Wildman–Crippen MR) is 99.1 cm³/mol. The molecule has 2 aromatic rings. The van der Waals surface area contributed by atoms with E-state index in [-0.39, 0.29) is 0 Å². The van der Waals surface area contributed by atoms with E-state index in [9.17, 15) is 0 Å². The van der Waals surface area contributed by atoms with Gasteiger partial charge >= 0.3 is 0 Å². The van der Waals surface area contributed by atoms with Gasteiger partial charge in [-0.25, -0.2) is 0 Å². The molecule has 0 spiro atoms. The normalized spacial score (nSPS) is 18.0. The summed E-state index contributed by atoms with van der Waals surface area (Å²) >= 11 is 0. The van der Waals surface area contributed by atoms with E-state index in [1.54, 1.807) is 0 Å². The topological polar surface area (TPSA) is 31.6 Å². The zero-order chi connectivity index (χ0) is 16.9. The summed E-state index contributed by atoms with van der Waals surface area (Å²) in [7, 11) is 2.20. The van der Waals surface area contributed by atoms with Crippen molar-refractivity contribution in [3.63, 3.8) is 0 Å². The van der Waals surface area contributed by atoms with Crippen LogP contribution >= 0.6 is 0 Å². The van der Waals surface area contributed by atoms with Crippen LogP contribution in [-0.4, -0.2) is 55.6 Å². The highest BCUT2D eigenvalue weighted by Crippen LogP contribution is 2.22. The number of benzene rings is 1. The summed E-state index contributed by atoms with van der Waals surface area (Å²) in [4.78, 5) is 4.93. The van der Waals surface area contributed by atoms with E-state index in [2.05, 4.69) is 72.4 Å². The van der Waals surface area contributed by atoms with Crippen LogP contribution in [0.3, 0.4) is 0 Å². The molecule has 1 aliphatic heterocycles. The van der Waals surface area contributed by atoms with Gasteiger partial charge in [-0.05, 0) is 33.0 Å². The number of hydrogen-bond donors (Lipinski definition) is 1. The van der Waals surface area contributed by atoms with Crippen LogP contribution in [0.2, 0.25) is 0 Å². The number of rotatable bonds is 6. The molecule has 0 amide bonds. The summed E-state index contributed by atoms with van der Waals surface area (Å²) in [5.41, 5.74) is 2.40. The Balaban J connectivity index is 1.47. The summed E-state index contributed by atoms with van der Waals surface area (Å²) < 4.78 is 5.98. The molecule has 24 heavy (non-hydrogen) atoms. The average molecular weight is 327 g/mol. The van der Waals surface area contributed by atoms with Crippen molar-refractivity contribution in [1.82, 2.24) is 15.1 Å². The number of hydrogen-bond acceptors (Lipinski definition) is 4. The Hall–Kier alpha value is -1.62. The van der Waals surface area contributed by atoms with Gasteiger partial charge in [-0.15, -0.1) is 0 Å². The van der Waals surface area contributed by atoms with E-state index in [4.69, 9.17) is 4.42 Å². The van der Waals surface area contributed by atoms with Gasteiger partial charge in [0.1, 0.15) is 11.5 Å². The molecule has 1 N–H and O–H groups in total. The number of furan rings is 1. The van der Waals surface area contributed by atoms with Gasteiger partial charge < -0.3 is 14.6 Å². The second-order valence-electron chi connectivity index (χ2n) is 7.02. The summed E-state index contributed by atoms with van der Waals surface area (Å²) in [6.07, 6.45) is 0. The predicted octanol–water partition coefficient (Wildman–Crippen LogP) is 2.98. The lowest BCUT2D eigenvalue weighted by Crippen LogP contribution is -2.48. The van der Waals surface area contributed by atoms with Crippen LogP contribution < -0.4 is 5.32 Å². The maximum atomic E-state index is 5.98. The van der Waals surface area contributed by atoms with Crippen molar-refractivity contribution in [3.05, 3.63) is 47.7 Å². The second kappa shape index (κ2) is 7.97. The van der Waals surface area contributed by atoms with E-state index < -0.39 is 0 Å². The lowest BCUT2D eigenvalue weighted by atomic mass is 10.1. The Kier molecular flexibility index (Phi) is 5.72. The molecule has 1 saturated heterocycles. The van der Waals surface area contributed by atoms with Crippen LogP contribution in [0.1, 0.15) is 18.2 Å². The van der Waals surface area contributed by atoms with Crippen molar-refractivity contribution in [3.8, 4) is 11.3 Å². The molecule has 0 aliphatic carbocycles. The number of likely N-dealkylation sites (N-methyl/N-ethyl adjacent to an activating group) is 1. The fraction of sp³-hybridized carbons (Fsp3) is 0.500. The molecule has 1 aromatic heterocycles. The SMILES string of the molecule is Cc1ccc(-c2ccc(CNC(C)CN3CCN(C)CC3)o2)cc1. The maximum Gasteiger partial charge on any atom is 0.134 e. The van der Waals surface area contributed by atoms with E-state index >= 15 is 0 Å². The third kappa shape index (κ3) is 4.69. The van der Waals surface area contributed by atoms with Crippen LogP contribution in [0, 0.1) is 6.92 Å². The first kappa shape index (κ1) is 17.2. The van der Waals surface area contributed by atoms with Crippen LogP contribution in [0.15, 0.2) is 40.8 Å². The Morgan fingerprint density at radius 2 is 1.75 bits per heavy atom. The molecule has 4 heteroatoms.